The monoisotopic (exact) mass is 365 g/mol. The van der Waals surface area contributed by atoms with Crippen LogP contribution in [0.3, 0.4) is 0 Å². The Morgan fingerprint density at radius 2 is 1.78 bits per heavy atom. The van der Waals surface area contributed by atoms with E-state index in [9.17, 15) is 9.59 Å². The number of allylic oxidation sites excluding steroid dienone is 2. The maximum Gasteiger partial charge on any atom is 0.309 e. The van der Waals surface area contributed by atoms with Crippen LogP contribution in [0.15, 0.2) is 66.7 Å². The largest absolute Gasteiger partial charge is 0.489 e. The Balaban J connectivity index is 1.41. The summed E-state index contributed by atoms with van der Waals surface area (Å²) in [5, 5.41) is 2.72. The molecule has 5 nitrogen and oxygen atoms in total. The molecule has 0 bridgehead atoms. The van der Waals surface area contributed by atoms with Crippen LogP contribution in [0.1, 0.15) is 24.8 Å². The zero-order valence-electron chi connectivity index (χ0n) is 15.1. The van der Waals surface area contributed by atoms with Crippen LogP contribution in [0.4, 0.5) is 5.69 Å². The van der Waals surface area contributed by atoms with Crippen molar-refractivity contribution < 1.29 is 19.1 Å². The van der Waals surface area contributed by atoms with Gasteiger partial charge in [0.25, 0.3) is 5.91 Å². The van der Waals surface area contributed by atoms with Crippen LogP contribution in [0.5, 0.6) is 5.75 Å². The van der Waals surface area contributed by atoms with Crippen LogP contribution in [0.2, 0.25) is 0 Å². The lowest BCUT2D eigenvalue weighted by Crippen LogP contribution is -2.25. The molecular formula is C22H23NO4. The van der Waals surface area contributed by atoms with E-state index in [1.165, 1.54) is 0 Å². The maximum atomic E-state index is 12.0. The molecule has 0 radical (unpaired) electrons. The molecule has 0 unspecified atom stereocenters. The van der Waals surface area contributed by atoms with Gasteiger partial charge < -0.3 is 14.8 Å². The number of nitrogens with one attached hydrogen (secondary N) is 1. The number of carbonyl (C=O) groups is 2. The Labute approximate surface area is 159 Å². The second-order valence-corrected chi connectivity index (χ2v) is 6.44. The predicted molar refractivity (Wildman–Crippen MR) is 103 cm³/mol. The fourth-order valence-corrected chi connectivity index (χ4v) is 2.83. The molecule has 2 aromatic rings. The molecule has 1 aliphatic carbocycles. The van der Waals surface area contributed by atoms with E-state index in [1.54, 1.807) is 24.3 Å². The normalized spacial score (nSPS) is 15.8. The summed E-state index contributed by atoms with van der Waals surface area (Å²) in [5.41, 5.74) is 1.72. The molecule has 0 saturated carbocycles. The molecule has 2 aromatic carbocycles. The van der Waals surface area contributed by atoms with E-state index in [4.69, 9.17) is 9.47 Å². The van der Waals surface area contributed by atoms with E-state index in [2.05, 4.69) is 11.4 Å². The van der Waals surface area contributed by atoms with Gasteiger partial charge in [-0.15, -0.1) is 0 Å². The molecular weight excluding hydrogens is 342 g/mol. The topological polar surface area (TPSA) is 64.6 Å². The van der Waals surface area contributed by atoms with Crippen molar-refractivity contribution in [2.75, 3.05) is 11.9 Å². The van der Waals surface area contributed by atoms with E-state index in [0.717, 1.165) is 18.4 Å². The third-order valence-corrected chi connectivity index (χ3v) is 4.33. The molecule has 0 aromatic heterocycles. The maximum absolute atomic E-state index is 12.0. The van der Waals surface area contributed by atoms with Crippen molar-refractivity contribution in [1.29, 1.82) is 0 Å². The van der Waals surface area contributed by atoms with E-state index in [0.29, 0.717) is 24.5 Å². The number of amides is 1. The van der Waals surface area contributed by atoms with Crippen molar-refractivity contribution in [2.45, 2.75) is 25.9 Å². The van der Waals surface area contributed by atoms with Crippen molar-refractivity contribution in [1.82, 2.24) is 0 Å². The highest BCUT2D eigenvalue weighted by Gasteiger charge is 2.20. The van der Waals surface area contributed by atoms with Gasteiger partial charge in [-0.25, -0.2) is 0 Å². The molecule has 0 heterocycles. The molecule has 0 fully saturated rings. The molecule has 3 rings (SSSR count). The fourth-order valence-electron chi connectivity index (χ4n) is 2.83. The summed E-state index contributed by atoms with van der Waals surface area (Å²) < 4.78 is 10.8. The van der Waals surface area contributed by atoms with Crippen molar-refractivity contribution >= 4 is 17.6 Å². The van der Waals surface area contributed by atoms with Gasteiger partial charge in [-0.2, -0.15) is 0 Å². The minimum absolute atomic E-state index is 0.135. The van der Waals surface area contributed by atoms with Crippen LogP contribution in [-0.2, 0) is 20.9 Å². The average molecular weight is 365 g/mol. The number of carbonyl (C=O) groups excluding carboxylic acids is 2. The Kier molecular flexibility index (Phi) is 6.63. The number of benzene rings is 2. The van der Waals surface area contributed by atoms with Crippen molar-refractivity contribution in [3.63, 3.8) is 0 Å². The lowest BCUT2D eigenvalue weighted by Gasteiger charge is -2.16. The Hall–Kier alpha value is -3.08. The highest BCUT2D eigenvalue weighted by atomic mass is 16.5. The van der Waals surface area contributed by atoms with Gasteiger partial charge in [0.2, 0.25) is 0 Å². The highest BCUT2D eigenvalue weighted by Crippen LogP contribution is 2.20. The average Bonchev–Trinajstić information content (AvgIpc) is 2.73. The zero-order chi connectivity index (χ0) is 18.9. The van der Waals surface area contributed by atoms with Crippen molar-refractivity contribution in [2.24, 2.45) is 5.92 Å². The molecule has 5 heteroatoms. The number of anilines is 1. The van der Waals surface area contributed by atoms with Crippen molar-refractivity contribution in [3.05, 3.63) is 72.3 Å². The molecule has 1 atom stereocenters. The molecule has 0 aliphatic heterocycles. The molecule has 1 N–H and O–H groups in total. The third-order valence-electron chi connectivity index (χ3n) is 4.33. The predicted octanol–water partition coefficient (Wildman–Crippen LogP) is 4.10. The lowest BCUT2D eigenvalue weighted by atomic mass is 9.95. The van der Waals surface area contributed by atoms with Gasteiger partial charge in [0, 0.05) is 5.69 Å². The van der Waals surface area contributed by atoms with Crippen LogP contribution in [0, 0.1) is 5.92 Å². The van der Waals surface area contributed by atoms with Crippen LogP contribution in [-0.4, -0.2) is 18.5 Å². The number of rotatable bonds is 7. The van der Waals surface area contributed by atoms with Gasteiger partial charge in [0.05, 0.1) is 5.92 Å². The van der Waals surface area contributed by atoms with Gasteiger partial charge >= 0.3 is 5.97 Å². The fraction of sp³-hybridized carbons (Fsp3) is 0.273. The second-order valence-electron chi connectivity index (χ2n) is 6.44. The molecule has 0 saturated heterocycles. The first-order valence-electron chi connectivity index (χ1n) is 9.09. The molecule has 1 aliphatic rings. The lowest BCUT2D eigenvalue weighted by molar-refractivity contribution is -0.151. The van der Waals surface area contributed by atoms with Gasteiger partial charge in [-0.3, -0.25) is 9.59 Å². The van der Waals surface area contributed by atoms with Crippen molar-refractivity contribution in [3.8, 4) is 5.75 Å². The van der Waals surface area contributed by atoms with E-state index >= 15 is 0 Å². The quantitative estimate of drug-likeness (QED) is 0.593. The van der Waals surface area contributed by atoms with Gasteiger partial charge in [-0.1, -0.05) is 42.5 Å². The van der Waals surface area contributed by atoms with Gasteiger partial charge in [0.15, 0.2) is 6.61 Å². The summed E-state index contributed by atoms with van der Waals surface area (Å²) in [5.74, 6) is -0.0794. The minimum Gasteiger partial charge on any atom is -0.489 e. The van der Waals surface area contributed by atoms with E-state index in [1.807, 2.05) is 36.4 Å². The van der Waals surface area contributed by atoms with Crippen LogP contribution >= 0.6 is 0 Å². The van der Waals surface area contributed by atoms with Gasteiger partial charge in [-0.05, 0) is 49.1 Å². The number of hydrogen-bond acceptors (Lipinski definition) is 4. The summed E-state index contributed by atoms with van der Waals surface area (Å²) in [6, 6.07) is 17.0. The Morgan fingerprint density at radius 3 is 2.48 bits per heavy atom. The molecule has 140 valence electrons. The highest BCUT2D eigenvalue weighted by molar-refractivity contribution is 5.92. The second kappa shape index (κ2) is 9.57. The van der Waals surface area contributed by atoms with E-state index < -0.39 is 0 Å². The SMILES string of the molecule is O=C(COC(=O)[C@H]1CC=CCC1)Nc1ccc(OCc2ccccc2)cc1. The number of hydrogen-bond donors (Lipinski definition) is 1. The Morgan fingerprint density at radius 1 is 1.00 bits per heavy atom. The summed E-state index contributed by atoms with van der Waals surface area (Å²) in [7, 11) is 0. The minimum atomic E-state index is -0.354. The number of esters is 1. The van der Waals surface area contributed by atoms with E-state index in [-0.39, 0.29) is 24.4 Å². The summed E-state index contributed by atoms with van der Waals surface area (Å²) in [6.45, 7) is 0.212. The van der Waals surface area contributed by atoms with Crippen LogP contribution < -0.4 is 10.1 Å². The van der Waals surface area contributed by atoms with Crippen LogP contribution in [0.25, 0.3) is 0 Å². The smallest absolute Gasteiger partial charge is 0.309 e. The standard InChI is InChI=1S/C22H23NO4/c24-21(16-27-22(25)18-9-5-2-6-10-18)23-19-11-13-20(14-12-19)26-15-17-7-3-1-4-8-17/h1-5,7-8,11-14,18H,6,9-10,15-16H2,(H,23,24)/t18-/m0/s1. The summed E-state index contributed by atoms with van der Waals surface area (Å²) in [6.07, 6.45) is 6.39. The number of ether oxygens (including phenoxy) is 2. The first-order chi connectivity index (χ1) is 13.2. The first kappa shape index (κ1) is 18.7. The zero-order valence-corrected chi connectivity index (χ0v) is 15.1. The van der Waals surface area contributed by atoms with Gasteiger partial charge in [0.1, 0.15) is 12.4 Å². The summed E-state index contributed by atoms with van der Waals surface area (Å²) >= 11 is 0. The Bertz CT molecular complexity index is 784. The molecule has 27 heavy (non-hydrogen) atoms. The molecule has 0 spiro atoms. The molecule has 1 amide bonds. The first-order valence-corrected chi connectivity index (χ1v) is 9.09. The third kappa shape index (κ3) is 5.99. The summed E-state index contributed by atoms with van der Waals surface area (Å²) in [4.78, 5) is 23.9.